The fourth-order valence-electron chi connectivity index (χ4n) is 7.23. The summed E-state index contributed by atoms with van der Waals surface area (Å²) >= 11 is 4.45. The number of esters is 1. The molecule has 0 aromatic heterocycles. The molecule has 2 aromatic carbocycles. The lowest BCUT2D eigenvalue weighted by Gasteiger charge is -2.42. The molecule has 0 aliphatic carbocycles. The van der Waals surface area contributed by atoms with Crippen LogP contribution in [-0.2, 0) is 35.0 Å². The molecule has 0 saturated carbocycles. The van der Waals surface area contributed by atoms with E-state index in [4.69, 9.17) is 18.9 Å². The molecule has 4 bridgehead atoms. The third kappa shape index (κ3) is 9.92. The van der Waals surface area contributed by atoms with Crippen molar-refractivity contribution in [3.63, 3.8) is 0 Å². The van der Waals surface area contributed by atoms with Crippen LogP contribution in [0.4, 0.5) is 10.5 Å². The van der Waals surface area contributed by atoms with Gasteiger partial charge in [0.05, 0.1) is 24.1 Å². The zero-order valence-corrected chi connectivity index (χ0v) is 34.3. The predicted molar refractivity (Wildman–Crippen MR) is 217 cm³/mol. The SMILES string of the molecule is CO[C@@H]1/C=C/C=C(\C)Cc2ccc(/C=C/CNC(=O)c3ccc(C(C)S)cc3)c(c2)N(C)C(=O)C[C@H](OC(=O)C(C)C)[C@]2(C)O[C@H]2[C@H](C)[C@@H]2C[C@@]1(O)NC(=O)O2. The summed E-state index contributed by atoms with van der Waals surface area (Å²) < 4.78 is 23.6. The molecular weight excluding hydrogens is 735 g/mol. The lowest BCUT2D eigenvalue weighted by molar-refractivity contribution is -0.157. The molecule has 2 fully saturated rings. The van der Waals surface area contributed by atoms with Gasteiger partial charge < -0.3 is 34.3 Å². The van der Waals surface area contributed by atoms with Gasteiger partial charge in [0.25, 0.3) is 5.91 Å². The molecule has 5 rings (SSSR count). The minimum Gasteiger partial charge on any atom is -0.458 e. The third-order valence-electron chi connectivity index (χ3n) is 10.8. The molecular formula is C43H55N3O9S. The van der Waals surface area contributed by atoms with Crippen LogP contribution >= 0.6 is 12.6 Å². The Bertz CT molecular complexity index is 1880. The van der Waals surface area contributed by atoms with E-state index in [2.05, 4.69) is 23.3 Å². The molecule has 0 radical (unpaired) electrons. The van der Waals surface area contributed by atoms with Gasteiger partial charge in [-0.3, -0.25) is 19.7 Å². The number of anilines is 1. The quantitative estimate of drug-likeness (QED) is 0.141. The van der Waals surface area contributed by atoms with Gasteiger partial charge in [0.1, 0.15) is 23.9 Å². The van der Waals surface area contributed by atoms with E-state index < -0.39 is 59.6 Å². The zero-order chi connectivity index (χ0) is 40.9. The van der Waals surface area contributed by atoms with Gasteiger partial charge >= 0.3 is 12.1 Å². The molecule has 2 aromatic rings. The third-order valence-corrected chi connectivity index (χ3v) is 11.1. The highest BCUT2D eigenvalue weighted by Crippen LogP contribution is 2.49. The number of alkyl carbamates (subject to hydrolysis) is 1. The second kappa shape index (κ2) is 17.8. The van der Waals surface area contributed by atoms with Crippen LogP contribution in [-0.4, -0.2) is 85.4 Å². The van der Waals surface area contributed by atoms with Gasteiger partial charge in [-0.25, -0.2) is 4.79 Å². The van der Waals surface area contributed by atoms with E-state index >= 15 is 0 Å². The van der Waals surface area contributed by atoms with Crippen molar-refractivity contribution in [1.82, 2.24) is 10.6 Å². The predicted octanol–water partition coefficient (Wildman–Crippen LogP) is 6.10. The first-order chi connectivity index (χ1) is 26.4. The number of aliphatic hydroxyl groups is 1. The molecule has 3 aliphatic heterocycles. The maximum atomic E-state index is 14.2. The molecule has 0 spiro atoms. The molecule has 13 heteroatoms. The minimum absolute atomic E-state index is 0.00579. The first-order valence-electron chi connectivity index (χ1n) is 19.0. The van der Waals surface area contributed by atoms with Crippen LogP contribution in [0.2, 0.25) is 0 Å². The number of fused-ring (bicyclic) bond motifs is 5. The van der Waals surface area contributed by atoms with Crippen molar-refractivity contribution in [3.05, 3.63) is 94.6 Å². The second-order valence-corrected chi connectivity index (χ2v) is 16.3. The Labute approximate surface area is 335 Å². The van der Waals surface area contributed by atoms with E-state index in [1.54, 1.807) is 57.0 Å². The highest BCUT2D eigenvalue weighted by atomic mass is 32.1. The molecule has 3 heterocycles. The molecule has 12 nitrogen and oxygen atoms in total. The molecule has 1 unspecified atom stereocenters. The van der Waals surface area contributed by atoms with Gasteiger partial charge in [0, 0.05) is 43.9 Å². The van der Waals surface area contributed by atoms with Crippen LogP contribution in [0.5, 0.6) is 0 Å². The van der Waals surface area contributed by atoms with Crippen LogP contribution in [0.15, 0.2) is 72.3 Å². The summed E-state index contributed by atoms with van der Waals surface area (Å²) in [5, 5.41) is 17.2. The van der Waals surface area contributed by atoms with Gasteiger partial charge in [-0.2, -0.15) is 12.6 Å². The molecule has 8 atom stereocenters. The molecule has 302 valence electrons. The summed E-state index contributed by atoms with van der Waals surface area (Å²) in [6, 6.07) is 13.2. The Kier molecular flexibility index (Phi) is 13.6. The Morgan fingerprint density at radius 3 is 2.54 bits per heavy atom. The number of methoxy groups -OCH3 is 1. The van der Waals surface area contributed by atoms with Crippen LogP contribution in [0.1, 0.15) is 86.7 Å². The highest BCUT2D eigenvalue weighted by Gasteiger charge is 2.64. The van der Waals surface area contributed by atoms with Crippen LogP contribution < -0.4 is 15.5 Å². The second-order valence-electron chi connectivity index (χ2n) is 15.6. The fourth-order valence-corrected chi connectivity index (χ4v) is 7.40. The van der Waals surface area contributed by atoms with Gasteiger partial charge in [-0.15, -0.1) is 0 Å². The molecule has 3 aliphatic rings. The van der Waals surface area contributed by atoms with Crippen molar-refractivity contribution < 1.29 is 43.2 Å². The summed E-state index contributed by atoms with van der Waals surface area (Å²) in [6.45, 7) is 11.2. The number of benzene rings is 2. The Balaban J connectivity index is 1.47. The largest absolute Gasteiger partial charge is 0.458 e. The lowest BCUT2D eigenvalue weighted by atomic mass is 9.83. The first kappa shape index (κ1) is 42.7. The fraction of sp³-hybridized carbons (Fsp3) is 0.488. The van der Waals surface area contributed by atoms with Crippen LogP contribution in [0.25, 0.3) is 6.08 Å². The average molecular weight is 790 g/mol. The summed E-state index contributed by atoms with van der Waals surface area (Å²) in [5.74, 6) is -1.92. The van der Waals surface area contributed by atoms with E-state index in [9.17, 15) is 24.3 Å². The number of thiol groups is 1. The number of nitrogens with one attached hydrogen (secondary N) is 2. The summed E-state index contributed by atoms with van der Waals surface area (Å²) in [4.78, 5) is 54.5. The summed E-state index contributed by atoms with van der Waals surface area (Å²) in [6.07, 6.45) is 5.37. The van der Waals surface area contributed by atoms with Crippen molar-refractivity contribution in [3.8, 4) is 0 Å². The molecule has 3 N–H and O–H groups in total. The van der Waals surface area contributed by atoms with Crippen molar-refractivity contribution in [2.24, 2.45) is 11.8 Å². The smallest absolute Gasteiger partial charge is 0.409 e. The van der Waals surface area contributed by atoms with Gasteiger partial charge in [0.2, 0.25) is 5.91 Å². The van der Waals surface area contributed by atoms with Crippen LogP contribution in [0, 0.1) is 11.8 Å². The van der Waals surface area contributed by atoms with E-state index in [0.717, 1.165) is 22.3 Å². The van der Waals surface area contributed by atoms with E-state index in [1.165, 1.54) is 7.11 Å². The van der Waals surface area contributed by atoms with E-state index in [1.807, 2.05) is 69.3 Å². The monoisotopic (exact) mass is 789 g/mol. The minimum atomic E-state index is -1.78. The number of rotatable bonds is 8. The Morgan fingerprint density at radius 2 is 1.88 bits per heavy atom. The molecule has 3 amide bonds. The van der Waals surface area contributed by atoms with Crippen molar-refractivity contribution >= 4 is 48.3 Å². The maximum absolute atomic E-state index is 14.2. The number of ether oxygens (including phenoxy) is 4. The first-order valence-corrected chi connectivity index (χ1v) is 19.6. The molecule has 56 heavy (non-hydrogen) atoms. The number of hydrogen-bond donors (Lipinski definition) is 4. The van der Waals surface area contributed by atoms with Gasteiger partial charge in [-0.05, 0) is 62.1 Å². The zero-order valence-electron chi connectivity index (χ0n) is 33.4. The number of carbonyl (C=O) groups is 4. The van der Waals surface area contributed by atoms with Crippen molar-refractivity contribution in [1.29, 1.82) is 0 Å². The lowest BCUT2D eigenvalue weighted by Crippen LogP contribution is -2.63. The van der Waals surface area contributed by atoms with Gasteiger partial charge in [-0.1, -0.05) is 81.0 Å². The summed E-state index contributed by atoms with van der Waals surface area (Å²) in [7, 11) is 3.14. The average Bonchev–Trinajstić information content (AvgIpc) is 3.85. The number of hydrogen-bond acceptors (Lipinski definition) is 10. The van der Waals surface area contributed by atoms with E-state index in [-0.39, 0.29) is 36.5 Å². The summed E-state index contributed by atoms with van der Waals surface area (Å²) in [5.41, 5.74) is 1.98. The standard InChI is InChI=1S/C43H55N3O9S/c1-25(2)40(49)54-36-23-37(47)46(7)33-22-29(14-15-31(33)12-10-20-44-39(48)32-18-16-30(17-19-32)28(5)56)21-26(3)11-9-13-35(52-8)43(51)24-34(53-41(50)45-43)27(4)38-42(36,6)55-38/h9-19,22,25,27-28,34-36,38,51,56H,20-21,23-24H2,1-8H3,(H,44,48)(H,45,50)/b12-10+,13-9+,26-11+/t27-,28?,34+,35-,36+,38+,42+,43+/m1/s1. The topological polar surface area (TPSA) is 156 Å². The van der Waals surface area contributed by atoms with E-state index in [0.29, 0.717) is 17.7 Å². The normalized spacial score (nSPS) is 30.4. The molecule has 2 saturated heterocycles. The number of nitrogens with zero attached hydrogens (tertiary/aromatic N) is 1. The number of allylic oxidation sites excluding steroid dienone is 3. The Morgan fingerprint density at radius 1 is 1.16 bits per heavy atom. The van der Waals surface area contributed by atoms with Gasteiger partial charge in [0.15, 0.2) is 5.72 Å². The number of amides is 3. The van der Waals surface area contributed by atoms with Crippen molar-refractivity contribution in [2.75, 3.05) is 25.6 Å². The highest BCUT2D eigenvalue weighted by molar-refractivity contribution is 7.80. The maximum Gasteiger partial charge on any atom is 0.409 e. The number of carbonyl (C=O) groups excluding carboxylic acids is 4. The van der Waals surface area contributed by atoms with Crippen molar-refractivity contribution in [2.45, 2.75) is 102 Å². The van der Waals surface area contributed by atoms with Crippen LogP contribution in [0.3, 0.4) is 0 Å². The number of epoxide rings is 1. The Hall–Kier alpha value is -4.43.